The molecule has 0 radical (unpaired) electrons. The van der Waals surface area contributed by atoms with Gasteiger partial charge in [-0.15, -0.1) is 0 Å². The lowest BCUT2D eigenvalue weighted by Gasteiger charge is -2.26. The highest BCUT2D eigenvalue weighted by Gasteiger charge is 2.26. The Balaban J connectivity index is 1.97. The topological polar surface area (TPSA) is 37.3 Å². The summed E-state index contributed by atoms with van der Waals surface area (Å²) < 4.78 is 0. The van der Waals surface area contributed by atoms with Gasteiger partial charge in [0, 0.05) is 0 Å². The molecule has 0 aromatic heterocycles. The van der Waals surface area contributed by atoms with Crippen LogP contribution in [0.5, 0.6) is 0 Å². The zero-order valence-corrected chi connectivity index (χ0v) is 8.73. The molecular weight excluding hydrogens is 188 g/mol. The third kappa shape index (κ3) is 2.38. The first-order chi connectivity index (χ1) is 7.27. The Morgan fingerprint density at radius 1 is 1.07 bits per heavy atom. The maximum atomic E-state index is 10.8. The first-order valence-corrected chi connectivity index (χ1v) is 5.55. The minimum absolute atomic E-state index is 0.107. The van der Waals surface area contributed by atoms with Crippen LogP contribution in [0.2, 0.25) is 0 Å². The SMILES string of the molecule is O=C(O)[C@H]1CC[C@@H](c2ccccc2)CC1. The molecule has 80 valence electrons. The molecule has 1 fully saturated rings. The van der Waals surface area contributed by atoms with Gasteiger partial charge < -0.3 is 5.11 Å². The van der Waals surface area contributed by atoms with E-state index >= 15 is 0 Å². The van der Waals surface area contributed by atoms with Crippen molar-refractivity contribution >= 4 is 5.97 Å². The minimum atomic E-state index is -0.624. The van der Waals surface area contributed by atoms with Gasteiger partial charge in [-0.2, -0.15) is 0 Å². The van der Waals surface area contributed by atoms with Crippen molar-refractivity contribution in [3.8, 4) is 0 Å². The number of rotatable bonds is 2. The largest absolute Gasteiger partial charge is 0.481 e. The van der Waals surface area contributed by atoms with E-state index in [0.717, 1.165) is 25.7 Å². The van der Waals surface area contributed by atoms with Crippen molar-refractivity contribution in [1.82, 2.24) is 0 Å². The van der Waals surface area contributed by atoms with Crippen molar-refractivity contribution in [1.29, 1.82) is 0 Å². The van der Waals surface area contributed by atoms with E-state index in [2.05, 4.69) is 24.3 Å². The number of aliphatic carboxylic acids is 1. The molecule has 1 saturated carbocycles. The van der Waals surface area contributed by atoms with E-state index in [4.69, 9.17) is 5.11 Å². The quantitative estimate of drug-likeness (QED) is 0.804. The predicted octanol–water partition coefficient (Wildman–Crippen LogP) is 3.05. The summed E-state index contributed by atoms with van der Waals surface area (Å²) in [5.41, 5.74) is 1.36. The van der Waals surface area contributed by atoms with Crippen molar-refractivity contribution in [2.75, 3.05) is 0 Å². The van der Waals surface area contributed by atoms with Crippen LogP contribution in [0.25, 0.3) is 0 Å². The average molecular weight is 204 g/mol. The summed E-state index contributed by atoms with van der Waals surface area (Å²) in [5.74, 6) is -0.159. The van der Waals surface area contributed by atoms with Gasteiger partial charge in [0.1, 0.15) is 0 Å². The van der Waals surface area contributed by atoms with Crippen LogP contribution in [-0.2, 0) is 4.79 Å². The molecule has 0 saturated heterocycles. The van der Waals surface area contributed by atoms with Crippen molar-refractivity contribution in [2.24, 2.45) is 5.92 Å². The molecule has 0 amide bonds. The Morgan fingerprint density at radius 2 is 1.67 bits per heavy atom. The molecule has 0 bridgehead atoms. The van der Waals surface area contributed by atoms with Crippen molar-refractivity contribution in [2.45, 2.75) is 31.6 Å². The van der Waals surface area contributed by atoms with E-state index in [9.17, 15) is 4.79 Å². The van der Waals surface area contributed by atoms with Gasteiger partial charge >= 0.3 is 5.97 Å². The Kier molecular flexibility index (Phi) is 3.05. The minimum Gasteiger partial charge on any atom is -0.481 e. The fourth-order valence-corrected chi connectivity index (χ4v) is 2.40. The Hall–Kier alpha value is -1.31. The van der Waals surface area contributed by atoms with E-state index < -0.39 is 5.97 Å². The number of carbonyl (C=O) groups is 1. The first kappa shape index (κ1) is 10.2. The van der Waals surface area contributed by atoms with Gasteiger partial charge in [-0.3, -0.25) is 4.79 Å². The number of hydrogen-bond donors (Lipinski definition) is 1. The van der Waals surface area contributed by atoms with E-state index in [1.807, 2.05) is 6.07 Å². The standard InChI is InChI=1S/C13H16O2/c14-13(15)12-8-6-11(7-9-12)10-4-2-1-3-5-10/h1-5,11-12H,6-9H2,(H,14,15)/t11-,12+. The molecule has 1 aromatic rings. The number of hydrogen-bond acceptors (Lipinski definition) is 1. The molecule has 0 atom stereocenters. The van der Waals surface area contributed by atoms with Crippen LogP contribution in [0.15, 0.2) is 30.3 Å². The Bertz CT molecular complexity index is 324. The van der Waals surface area contributed by atoms with Crippen molar-refractivity contribution in [3.63, 3.8) is 0 Å². The molecule has 15 heavy (non-hydrogen) atoms. The van der Waals surface area contributed by atoms with Gasteiger partial charge in [0.05, 0.1) is 5.92 Å². The van der Waals surface area contributed by atoms with Gasteiger partial charge in [-0.25, -0.2) is 0 Å². The molecule has 2 nitrogen and oxygen atoms in total. The van der Waals surface area contributed by atoms with Crippen LogP contribution >= 0.6 is 0 Å². The zero-order chi connectivity index (χ0) is 10.7. The first-order valence-electron chi connectivity index (χ1n) is 5.55. The zero-order valence-electron chi connectivity index (χ0n) is 8.73. The molecule has 1 aliphatic rings. The van der Waals surface area contributed by atoms with Crippen LogP contribution in [0, 0.1) is 5.92 Å². The summed E-state index contributed by atoms with van der Waals surface area (Å²) in [4.78, 5) is 10.8. The van der Waals surface area contributed by atoms with Crippen LogP contribution < -0.4 is 0 Å². The summed E-state index contributed by atoms with van der Waals surface area (Å²) in [7, 11) is 0. The third-order valence-corrected chi connectivity index (χ3v) is 3.35. The lowest BCUT2D eigenvalue weighted by atomic mass is 9.79. The van der Waals surface area contributed by atoms with E-state index in [1.54, 1.807) is 0 Å². The van der Waals surface area contributed by atoms with E-state index in [-0.39, 0.29) is 5.92 Å². The summed E-state index contributed by atoms with van der Waals surface area (Å²) in [5, 5.41) is 8.90. The fraction of sp³-hybridized carbons (Fsp3) is 0.462. The molecule has 1 aliphatic carbocycles. The highest BCUT2D eigenvalue weighted by molar-refractivity contribution is 5.70. The van der Waals surface area contributed by atoms with Crippen molar-refractivity contribution < 1.29 is 9.90 Å². The molecule has 1 aromatic carbocycles. The summed E-state index contributed by atoms with van der Waals surface area (Å²) in [6.45, 7) is 0. The second-order valence-electron chi connectivity index (χ2n) is 4.30. The summed E-state index contributed by atoms with van der Waals surface area (Å²) >= 11 is 0. The lowest BCUT2D eigenvalue weighted by molar-refractivity contribution is -0.142. The maximum absolute atomic E-state index is 10.8. The lowest BCUT2D eigenvalue weighted by Crippen LogP contribution is -2.20. The normalized spacial score (nSPS) is 26.1. The molecule has 2 heteroatoms. The summed E-state index contributed by atoms with van der Waals surface area (Å²) in [6.07, 6.45) is 3.69. The molecule has 2 rings (SSSR count). The van der Waals surface area contributed by atoms with Crippen LogP contribution in [0.4, 0.5) is 0 Å². The molecule has 1 N–H and O–H groups in total. The second-order valence-corrected chi connectivity index (χ2v) is 4.30. The second kappa shape index (κ2) is 4.47. The molecule has 0 aliphatic heterocycles. The molecule has 0 spiro atoms. The monoisotopic (exact) mass is 204 g/mol. The summed E-state index contributed by atoms with van der Waals surface area (Å²) in [6, 6.07) is 10.4. The Morgan fingerprint density at radius 3 is 2.20 bits per heavy atom. The molecule has 0 heterocycles. The highest BCUT2D eigenvalue weighted by Crippen LogP contribution is 2.35. The maximum Gasteiger partial charge on any atom is 0.306 e. The highest BCUT2D eigenvalue weighted by atomic mass is 16.4. The van der Waals surface area contributed by atoms with Crippen LogP contribution in [0.1, 0.15) is 37.2 Å². The average Bonchev–Trinajstić information content (AvgIpc) is 2.30. The van der Waals surface area contributed by atoms with Gasteiger partial charge in [0.2, 0.25) is 0 Å². The Labute approximate surface area is 89.9 Å². The molecular formula is C13H16O2. The van der Waals surface area contributed by atoms with E-state index in [0.29, 0.717) is 5.92 Å². The smallest absolute Gasteiger partial charge is 0.306 e. The van der Waals surface area contributed by atoms with Crippen LogP contribution in [-0.4, -0.2) is 11.1 Å². The van der Waals surface area contributed by atoms with Crippen LogP contribution in [0.3, 0.4) is 0 Å². The van der Waals surface area contributed by atoms with E-state index in [1.165, 1.54) is 5.56 Å². The number of carboxylic acids is 1. The van der Waals surface area contributed by atoms with Gasteiger partial charge in [-0.1, -0.05) is 30.3 Å². The molecule has 0 unspecified atom stereocenters. The number of benzene rings is 1. The van der Waals surface area contributed by atoms with Gasteiger partial charge in [-0.05, 0) is 37.2 Å². The fourth-order valence-electron chi connectivity index (χ4n) is 2.40. The van der Waals surface area contributed by atoms with Gasteiger partial charge in [0.15, 0.2) is 0 Å². The van der Waals surface area contributed by atoms with Gasteiger partial charge in [0.25, 0.3) is 0 Å². The number of carboxylic acid groups (broad SMARTS) is 1. The predicted molar refractivity (Wildman–Crippen MR) is 58.8 cm³/mol. The third-order valence-electron chi connectivity index (χ3n) is 3.35. The van der Waals surface area contributed by atoms with Crippen molar-refractivity contribution in [3.05, 3.63) is 35.9 Å².